The number of halogens is 1. The maximum Gasteiger partial charge on any atom is 0.335 e. The van der Waals surface area contributed by atoms with E-state index in [1.807, 2.05) is 26.8 Å². The van der Waals surface area contributed by atoms with Crippen molar-refractivity contribution in [3.63, 3.8) is 0 Å². The largest absolute Gasteiger partial charge is 0.363 e. The molecule has 0 aliphatic carbocycles. The van der Waals surface area contributed by atoms with Crippen LogP contribution >= 0.6 is 0 Å². The number of nitrogens with zero attached hydrogens (tertiary/aromatic N) is 2. The molecule has 0 atom stereocenters. The van der Waals surface area contributed by atoms with Gasteiger partial charge in [-0.2, -0.15) is 0 Å². The number of urea groups is 1. The Balaban J connectivity index is 1.80. The Bertz CT molecular complexity index is 1260. The van der Waals surface area contributed by atoms with Crippen molar-refractivity contribution in [2.75, 3.05) is 16.3 Å². The second kappa shape index (κ2) is 7.99. The Morgan fingerprint density at radius 2 is 1.82 bits per heavy atom. The number of likely N-dealkylation sites (N-methyl/N-ethyl adjacent to an activating group) is 1. The van der Waals surface area contributed by atoms with Crippen LogP contribution in [0.5, 0.6) is 0 Å². The number of hydrogen-bond donors (Lipinski definition) is 1. The third kappa shape index (κ3) is 3.84. The van der Waals surface area contributed by atoms with Crippen LogP contribution in [-0.2, 0) is 9.59 Å². The van der Waals surface area contributed by atoms with E-state index in [-0.39, 0.29) is 16.7 Å². The lowest BCUT2D eigenvalue weighted by Crippen LogP contribution is -2.54. The minimum absolute atomic E-state index is 0.106. The molecule has 4 rings (SSSR count). The summed E-state index contributed by atoms with van der Waals surface area (Å²) in [6, 6.07) is 9.07. The zero-order valence-electron chi connectivity index (χ0n) is 19.3. The number of benzene rings is 2. The maximum absolute atomic E-state index is 15.2. The van der Waals surface area contributed by atoms with Crippen LogP contribution in [0.3, 0.4) is 0 Å². The number of amides is 4. The first-order valence-electron chi connectivity index (χ1n) is 10.8. The third-order valence-electron chi connectivity index (χ3n) is 6.07. The molecule has 2 aliphatic heterocycles. The first-order chi connectivity index (χ1) is 15.5. The van der Waals surface area contributed by atoms with Crippen molar-refractivity contribution in [2.45, 2.75) is 40.2 Å². The molecule has 33 heavy (non-hydrogen) atoms. The number of imide groups is 2. The number of hydrogen-bond acceptors (Lipinski definition) is 4. The summed E-state index contributed by atoms with van der Waals surface area (Å²) < 4.78 is 15.2. The highest BCUT2D eigenvalue weighted by molar-refractivity contribution is 6.39. The molecule has 0 spiro atoms. The number of fused-ring (bicyclic) bond motifs is 1. The fourth-order valence-electron chi connectivity index (χ4n) is 4.62. The van der Waals surface area contributed by atoms with Gasteiger partial charge in [0.2, 0.25) is 0 Å². The Labute approximate surface area is 192 Å². The lowest BCUT2D eigenvalue weighted by Gasteiger charge is -2.43. The average molecular weight is 448 g/mol. The van der Waals surface area contributed by atoms with Crippen molar-refractivity contribution in [2.24, 2.45) is 0 Å². The summed E-state index contributed by atoms with van der Waals surface area (Å²) >= 11 is 0. The Hall–Kier alpha value is -3.74. The molecule has 6 nitrogen and oxygen atoms in total. The molecule has 0 bridgehead atoms. The van der Waals surface area contributed by atoms with Gasteiger partial charge in [0, 0.05) is 23.4 Å². The van der Waals surface area contributed by atoms with Gasteiger partial charge in [0.1, 0.15) is 11.4 Å². The molecule has 2 aliphatic rings. The molecule has 2 heterocycles. The van der Waals surface area contributed by atoms with E-state index in [0.717, 1.165) is 27.3 Å². The third-order valence-corrected chi connectivity index (χ3v) is 6.07. The second-order valence-corrected chi connectivity index (χ2v) is 8.91. The second-order valence-electron chi connectivity index (χ2n) is 8.91. The van der Waals surface area contributed by atoms with Crippen LogP contribution in [0.4, 0.5) is 20.6 Å². The number of carbonyl (C=O) groups is 3. The minimum atomic E-state index is -0.852. The highest BCUT2D eigenvalue weighted by Gasteiger charge is 2.37. The standard InChI is InChI=1S/C26H26FN3O3/c1-6-29-22-13-21(27)17(11-19(22)16(3)14-26(29,4)5)12-20-23(31)28-25(33)30(24(20)32)18-9-7-8-15(2)10-18/h7-14H,6H2,1-5H3,(H,28,31,33)/b20-12-. The van der Waals surface area contributed by atoms with E-state index in [2.05, 4.69) is 30.1 Å². The SMILES string of the molecule is CCN1c2cc(F)c(/C=C3/C(=O)NC(=O)N(c4cccc(C)c4)C3=O)cc2C(C)=CC1(C)C. The summed E-state index contributed by atoms with van der Waals surface area (Å²) in [5, 5.41) is 2.18. The fraction of sp³-hybridized carbons (Fsp3) is 0.269. The van der Waals surface area contributed by atoms with Crippen molar-refractivity contribution in [3.05, 3.63) is 70.6 Å². The van der Waals surface area contributed by atoms with Crippen molar-refractivity contribution in [1.29, 1.82) is 0 Å². The maximum atomic E-state index is 15.2. The number of allylic oxidation sites excluding steroid dienone is 1. The Morgan fingerprint density at radius 3 is 2.48 bits per heavy atom. The first-order valence-corrected chi connectivity index (χ1v) is 10.8. The Morgan fingerprint density at radius 1 is 1.09 bits per heavy atom. The van der Waals surface area contributed by atoms with Gasteiger partial charge < -0.3 is 4.90 Å². The molecule has 4 amide bonds. The first kappa shape index (κ1) is 22.5. The molecule has 2 aromatic rings. The number of rotatable bonds is 3. The number of carbonyl (C=O) groups excluding carboxylic acids is 3. The summed E-state index contributed by atoms with van der Waals surface area (Å²) in [7, 11) is 0. The molecule has 7 heteroatoms. The normalized spacial score (nSPS) is 18.9. The smallest absolute Gasteiger partial charge is 0.335 e. The molecular weight excluding hydrogens is 421 g/mol. The summed E-state index contributed by atoms with van der Waals surface area (Å²) in [5.74, 6) is -2.20. The molecule has 0 unspecified atom stereocenters. The van der Waals surface area contributed by atoms with Crippen LogP contribution in [0.2, 0.25) is 0 Å². The van der Waals surface area contributed by atoms with E-state index in [0.29, 0.717) is 12.2 Å². The van der Waals surface area contributed by atoms with Crippen LogP contribution in [0.1, 0.15) is 44.4 Å². The van der Waals surface area contributed by atoms with Crippen molar-refractivity contribution < 1.29 is 18.8 Å². The van der Waals surface area contributed by atoms with Crippen LogP contribution < -0.4 is 15.1 Å². The molecular formula is C26H26FN3O3. The zero-order valence-corrected chi connectivity index (χ0v) is 19.3. The quantitative estimate of drug-likeness (QED) is 0.541. The monoisotopic (exact) mass is 447 g/mol. The predicted molar refractivity (Wildman–Crippen MR) is 127 cm³/mol. The van der Waals surface area contributed by atoms with E-state index in [1.165, 1.54) is 12.1 Å². The van der Waals surface area contributed by atoms with Gasteiger partial charge in [0.25, 0.3) is 11.8 Å². The topological polar surface area (TPSA) is 69.7 Å². The highest BCUT2D eigenvalue weighted by atomic mass is 19.1. The minimum Gasteiger partial charge on any atom is -0.363 e. The molecule has 1 fully saturated rings. The van der Waals surface area contributed by atoms with Crippen molar-refractivity contribution in [3.8, 4) is 0 Å². The molecule has 170 valence electrons. The van der Waals surface area contributed by atoms with E-state index >= 15 is 4.39 Å². The Kier molecular flexibility index (Phi) is 5.44. The van der Waals surface area contributed by atoms with Gasteiger partial charge in [-0.3, -0.25) is 14.9 Å². The van der Waals surface area contributed by atoms with Crippen LogP contribution in [0, 0.1) is 12.7 Å². The molecule has 1 N–H and O–H groups in total. The molecule has 2 aromatic carbocycles. The lowest BCUT2D eigenvalue weighted by atomic mass is 9.87. The van der Waals surface area contributed by atoms with Crippen LogP contribution in [0.25, 0.3) is 11.6 Å². The van der Waals surface area contributed by atoms with E-state index < -0.39 is 23.7 Å². The molecule has 0 saturated carbocycles. The number of anilines is 2. The van der Waals surface area contributed by atoms with Gasteiger partial charge in [0.15, 0.2) is 0 Å². The molecule has 1 saturated heterocycles. The fourth-order valence-corrected chi connectivity index (χ4v) is 4.62. The summed E-state index contributed by atoms with van der Waals surface area (Å²) in [4.78, 5) is 41.1. The number of barbiturate groups is 1. The highest BCUT2D eigenvalue weighted by Crippen LogP contribution is 2.40. The summed E-state index contributed by atoms with van der Waals surface area (Å²) in [6.07, 6.45) is 3.33. The van der Waals surface area contributed by atoms with E-state index in [4.69, 9.17) is 0 Å². The average Bonchev–Trinajstić information content (AvgIpc) is 2.71. The summed E-state index contributed by atoms with van der Waals surface area (Å²) in [5.41, 5.74) is 3.29. The van der Waals surface area contributed by atoms with Gasteiger partial charge in [-0.15, -0.1) is 0 Å². The van der Waals surface area contributed by atoms with Gasteiger partial charge in [-0.1, -0.05) is 18.2 Å². The van der Waals surface area contributed by atoms with Gasteiger partial charge >= 0.3 is 6.03 Å². The van der Waals surface area contributed by atoms with Gasteiger partial charge in [-0.05, 0) is 76.1 Å². The van der Waals surface area contributed by atoms with Crippen molar-refractivity contribution >= 4 is 40.9 Å². The lowest BCUT2D eigenvalue weighted by molar-refractivity contribution is -0.122. The molecule has 0 radical (unpaired) electrons. The van der Waals surface area contributed by atoms with E-state index in [1.54, 1.807) is 24.3 Å². The number of nitrogens with one attached hydrogen (secondary N) is 1. The van der Waals surface area contributed by atoms with Crippen LogP contribution in [-0.4, -0.2) is 29.9 Å². The zero-order chi connectivity index (χ0) is 24.1. The van der Waals surface area contributed by atoms with Crippen molar-refractivity contribution in [1.82, 2.24) is 5.32 Å². The van der Waals surface area contributed by atoms with Gasteiger partial charge in [-0.25, -0.2) is 14.1 Å². The summed E-state index contributed by atoms with van der Waals surface area (Å²) in [6.45, 7) is 10.6. The number of aryl methyl sites for hydroxylation is 1. The predicted octanol–water partition coefficient (Wildman–Crippen LogP) is 4.82. The molecule has 0 aromatic heterocycles. The van der Waals surface area contributed by atoms with E-state index in [9.17, 15) is 14.4 Å². The van der Waals surface area contributed by atoms with Gasteiger partial charge in [0.05, 0.1) is 11.2 Å². The van der Waals surface area contributed by atoms with Crippen LogP contribution in [0.15, 0.2) is 48.0 Å².